The number of likely N-dealkylation sites (N-methyl/N-ethyl adjacent to an activating group) is 1. The Labute approximate surface area is 116 Å². The van der Waals surface area contributed by atoms with Gasteiger partial charge in [-0.25, -0.2) is 9.97 Å². The number of hydrogen-bond donors (Lipinski definition) is 1. The summed E-state index contributed by atoms with van der Waals surface area (Å²) in [6, 6.07) is 2.63. The first-order chi connectivity index (χ1) is 9.16. The van der Waals surface area contributed by atoms with Gasteiger partial charge in [-0.1, -0.05) is 0 Å². The molecule has 106 valence electrons. The topological polar surface area (TPSA) is 44.3 Å². The van der Waals surface area contributed by atoms with Crippen LogP contribution in [0.3, 0.4) is 0 Å². The van der Waals surface area contributed by atoms with Crippen molar-refractivity contribution >= 4 is 11.6 Å². The van der Waals surface area contributed by atoms with Crippen molar-refractivity contribution in [2.45, 2.75) is 32.7 Å². The third-order valence-electron chi connectivity index (χ3n) is 3.73. The molecule has 0 unspecified atom stereocenters. The summed E-state index contributed by atoms with van der Waals surface area (Å²) in [6.07, 6.45) is 4.19. The van der Waals surface area contributed by atoms with Gasteiger partial charge in [0.25, 0.3) is 0 Å². The van der Waals surface area contributed by atoms with Crippen LogP contribution in [-0.4, -0.2) is 54.1 Å². The molecule has 5 nitrogen and oxygen atoms in total. The maximum Gasteiger partial charge on any atom is 0.134 e. The van der Waals surface area contributed by atoms with Crippen LogP contribution < -0.4 is 10.2 Å². The highest BCUT2D eigenvalue weighted by Gasteiger charge is 2.13. The number of anilines is 2. The van der Waals surface area contributed by atoms with Crippen LogP contribution in [0.1, 0.15) is 26.7 Å². The van der Waals surface area contributed by atoms with E-state index in [0.29, 0.717) is 6.04 Å². The zero-order valence-corrected chi connectivity index (χ0v) is 12.3. The van der Waals surface area contributed by atoms with Crippen LogP contribution in [0.25, 0.3) is 0 Å². The molecule has 0 atom stereocenters. The Balaban J connectivity index is 1.85. The fourth-order valence-electron chi connectivity index (χ4n) is 2.18. The molecule has 5 heteroatoms. The quantitative estimate of drug-likeness (QED) is 0.848. The van der Waals surface area contributed by atoms with Crippen LogP contribution in [0, 0.1) is 0 Å². The zero-order valence-electron chi connectivity index (χ0n) is 12.3. The molecule has 1 aliphatic rings. The first-order valence-electron chi connectivity index (χ1n) is 7.18. The minimum absolute atomic E-state index is 0.576. The third-order valence-corrected chi connectivity index (χ3v) is 3.73. The van der Waals surface area contributed by atoms with Crippen LogP contribution in [0.4, 0.5) is 11.6 Å². The van der Waals surface area contributed by atoms with E-state index in [0.717, 1.165) is 37.8 Å². The van der Waals surface area contributed by atoms with E-state index < -0.39 is 0 Å². The van der Waals surface area contributed by atoms with Gasteiger partial charge in [-0.3, -0.25) is 0 Å². The van der Waals surface area contributed by atoms with Gasteiger partial charge in [-0.05, 0) is 33.7 Å². The molecule has 0 radical (unpaired) electrons. The van der Waals surface area contributed by atoms with E-state index in [1.54, 1.807) is 6.33 Å². The molecule has 19 heavy (non-hydrogen) atoms. The SMILES string of the molecule is CC(C)N(C)CCNc1cc(N2CCCC2)ncn1. The molecule has 1 aromatic rings. The lowest BCUT2D eigenvalue weighted by Crippen LogP contribution is -2.31. The minimum Gasteiger partial charge on any atom is -0.369 e. The number of nitrogens with one attached hydrogen (secondary N) is 1. The highest BCUT2D eigenvalue weighted by molar-refractivity contribution is 5.48. The number of rotatable bonds is 6. The van der Waals surface area contributed by atoms with Crippen molar-refractivity contribution in [3.8, 4) is 0 Å². The molecule has 0 aromatic carbocycles. The van der Waals surface area contributed by atoms with Crippen molar-refractivity contribution in [2.75, 3.05) is 43.4 Å². The van der Waals surface area contributed by atoms with E-state index in [4.69, 9.17) is 0 Å². The second kappa shape index (κ2) is 6.70. The molecular weight excluding hydrogens is 238 g/mol. The fraction of sp³-hybridized carbons (Fsp3) is 0.714. The normalized spacial score (nSPS) is 15.5. The summed E-state index contributed by atoms with van der Waals surface area (Å²) in [5.41, 5.74) is 0. The van der Waals surface area contributed by atoms with E-state index >= 15 is 0 Å². The summed E-state index contributed by atoms with van der Waals surface area (Å²) in [4.78, 5) is 13.3. The zero-order chi connectivity index (χ0) is 13.7. The summed E-state index contributed by atoms with van der Waals surface area (Å²) in [6.45, 7) is 8.57. The second-order valence-electron chi connectivity index (χ2n) is 5.46. The van der Waals surface area contributed by atoms with Gasteiger partial charge >= 0.3 is 0 Å². The van der Waals surface area contributed by atoms with Gasteiger partial charge in [-0.15, -0.1) is 0 Å². The van der Waals surface area contributed by atoms with Crippen LogP contribution in [0.2, 0.25) is 0 Å². The lowest BCUT2D eigenvalue weighted by atomic mass is 10.3. The summed E-state index contributed by atoms with van der Waals surface area (Å²) in [5.74, 6) is 1.97. The lowest BCUT2D eigenvalue weighted by molar-refractivity contribution is 0.284. The highest BCUT2D eigenvalue weighted by atomic mass is 15.2. The number of aromatic nitrogens is 2. The Morgan fingerprint density at radius 3 is 2.74 bits per heavy atom. The van der Waals surface area contributed by atoms with Gasteiger partial charge in [0.15, 0.2) is 0 Å². The average molecular weight is 263 g/mol. The van der Waals surface area contributed by atoms with E-state index in [9.17, 15) is 0 Å². The second-order valence-corrected chi connectivity index (χ2v) is 5.46. The Kier molecular flexibility index (Phi) is 4.96. The smallest absolute Gasteiger partial charge is 0.134 e. The molecule has 1 fully saturated rings. The maximum atomic E-state index is 4.36. The van der Waals surface area contributed by atoms with Gasteiger partial charge in [-0.2, -0.15) is 0 Å². The van der Waals surface area contributed by atoms with Gasteiger partial charge < -0.3 is 15.1 Å². The molecular formula is C14H25N5. The van der Waals surface area contributed by atoms with Crippen molar-refractivity contribution in [3.63, 3.8) is 0 Å². The van der Waals surface area contributed by atoms with Crippen molar-refractivity contribution in [3.05, 3.63) is 12.4 Å². The Morgan fingerprint density at radius 2 is 2.05 bits per heavy atom. The average Bonchev–Trinajstić information content (AvgIpc) is 2.93. The van der Waals surface area contributed by atoms with Gasteiger partial charge in [0.1, 0.15) is 18.0 Å². The first kappa shape index (κ1) is 14.1. The largest absolute Gasteiger partial charge is 0.369 e. The monoisotopic (exact) mass is 263 g/mol. The van der Waals surface area contributed by atoms with E-state index in [2.05, 4.69) is 52.0 Å². The Bertz CT molecular complexity index is 387. The van der Waals surface area contributed by atoms with E-state index in [1.165, 1.54) is 12.8 Å². The van der Waals surface area contributed by atoms with Crippen LogP contribution in [-0.2, 0) is 0 Å². The standard InChI is InChI=1S/C14H25N5/c1-12(2)18(3)9-6-15-13-10-14(17-11-16-13)19-7-4-5-8-19/h10-12H,4-9H2,1-3H3,(H,15,16,17). The summed E-state index contributed by atoms with van der Waals surface area (Å²) in [7, 11) is 2.14. The van der Waals surface area contributed by atoms with Crippen molar-refractivity contribution in [2.24, 2.45) is 0 Å². The summed E-state index contributed by atoms with van der Waals surface area (Å²) >= 11 is 0. The molecule has 2 rings (SSSR count). The minimum atomic E-state index is 0.576. The van der Waals surface area contributed by atoms with Crippen LogP contribution >= 0.6 is 0 Å². The maximum absolute atomic E-state index is 4.36. The predicted molar refractivity (Wildman–Crippen MR) is 79.7 cm³/mol. The van der Waals surface area contributed by atoms with Crippen molar-refractivity contribution < 1.29 is 0 Å². The highest BCUT2D eigenvalue weighted by Crippen LogP contribution is 2.19. The molecule has 0 saturated carbocycles. The van der Waals surface area contributed by atoms with Crippen molar-refractivity contribution in [1.82, 2.24) is 14.9 Å². The van der Waals surface area contributed by atoms with Gasteiger partial charge in [0.05, 0.1) is 0 Å². The molecule has 1 aliphatic heterocycles. The molecule has 0 spiro atoms. The van der Waals surface area contributed by atoms with Crippen molar-refractivity contribution in [1.29, 1.82) is 0 Å². The Morgan fingerprint density at radius 1 is 1.32 bits per heavy atom. The Hall–Kier alpha value is -1.36. The summed E-state index contributed by atoms with van der Waals surface area (Å²) in [5, 5.41) is 3.37. The molecule has 2 heterocycles. The molecule has 0 aliphatic carbocycles. The van der Waals surface area contributed by atoms with Crippen LogP contribution in [0.15, 0.2) is 12.4 Å². The van der Waals surface area contributed by atoms with E-state index in [-0.39, 0.29) is 0 Å². The molecule has 1 N–H and O–H groups in total. The number of hydrogen-bond acceptors (Lipinski definition) is 5. The number of nitrogens with zero attached hydrogens (tertiary/aromatic N) is 4. The fourth-order valence-corrected chi connectivity index (χ4v) is 2.18. The molecule has 0 amide bonds. The summed E-state index contributed by atoms with van der Waals surface area (Å²) < 4.78 is 0. The van der Waals surface area contributed by atoms with Gasteiger partial charge in [0.2, 0.25) is 0 Å². The van der Waals surface area contributed by atoms with E-state index in [1.807, 2.05) is 0 Å². The molecule has 1 aromatic heterocycles. The van der Waals surface area contributed by atoms with Crippen LogP contribution in [0.5, 0.6) is 0 Å². The first-order valence-corrected chi connectivity index (χ1v) is 7.18. The molecule has 1 saturated heterocycles. The van der Waals surface area contributed by atoms with Gasteiger partial charge in [0, 0.05) is 38.3 Å². The third kappa shape index (κ3) is 4.06. The predicted octanol–water partition coefficient (Wildman–Crippen LogP) is 1.83. The lowest BCUT2D eigenvalue weighted by Gasteiger charge is -2.21. The molecule has 0 bridgehead atoms.